The number of carbonyl (C=O) groups is 4. The molecule has 10 heteroatoms. The summed E-state index contributed by atoms with van der Waals surface area (Å²) >= 11 is 0. The molecule has 4 nitrogen and oxygen atoms in total. The molecule has 0 bridgehead atoms. The van der Waals surface area contributed by atoms with Crippen LogP contribution in [-0.2, 0) is 9.59 Å². The molecule has 0 fully saturated rings. The Labute approximate surface area is 200 Å². The van der Waals surface area contributed by atoms with E-state index in [1.807, 2.05) is 0 Å². The Morgan fingerprint density at radius 3 is 1.33 bits per heavy atom. The van der Waals surface area contributed by atoms with Gasteiger partial charge >= 0.3 is 12.4 Å². The van der Waals surface area contributed by atoms with E-state index in [4.69, 9.17) is 0 Å². The molecule has 186 valence electrons. The quantitative estimate of drug-likeness (QED) is 0.201. The maximum atomic E-state index is 12.4. The van der Waals surface area contributed by atoms with Crippen molar-refractivity contribution < 1.29 is 45.5 Å². The second kappa shape index (κ2) is 10.3. The molecule has 3 aromatic rings. The largest absolute Gasteiger partial charge is 0.450 e. The zero-order valence-electron chi connectivity index (χ0n) is 18.2. The molecule has 0 spiro atoms. The lowest BCUT2D eigenvalue weighted by atomic mass is 9.96. The van der Waals surface area contributed by atoms with E-state index in [1.165, 1.54) is 42.5 Å². The van der Waals surface area contributed by atoms with Crippen molar-refractivity contribution in [2.45, 2.75) is 25.2 Å². The summed E-state index contributed by atoms with van der Waals surface area (Å²) in [6, 6.07) is 18.2. The molecule has 36 heavy (non-hydrogen) atoms. The average Bonchev–Trinajstić information content (AvgIpc) is 2.83. The van der Waals surface area contributed by atoms with Gasteiger partial charge in [-0.15, -0.1) is 0 Å². The van der Waals surface area contributed by atoms with Gasteiger partial charge in [-0.3, -0.25) is 19.2 Å². The molecular formula is C26H16F6O4. The van der Waals surface area contributed by atoms with Crippen molar-refractivity contribution in [2.24, 2.45) is 0 Å². The number of halogens is 6. The summed E-state index contributed by atoms with van der Waals surface area (Å²) in [6.07, 6.45) is -12.7. The van der Waals surface area contributed by atoms with Gasteiger partial charge in [-0.25, -0.2) is 0 Å². The van der Waals surface area contributed by atoms with Crippen molar-refractivity contribution in [1.82, 2.24) is 0 Å². The fourth-order valence-corrected chi connectivity index (χ4v) is 3.27. The topological polar surface area (TPSA) is 68.3 Å². The monoisotopic (exact) mass is 506 g/mol. The van der Waals surface area contributed by atoms with Crippen LogP contribution in [0, 0.1) is 0 Å². The molecule has 0 heterocycles. The Morgan fingerprint density at radius 1 is 0.500 bits per heavy atom. The number of hydrogen-bond acceptors (Lipinski definition) is 4. The summed E-state index contributed by atoms with van der Waals surface area (Å²) in [4.78, 5) is 46.1. The number of ketones is 4. The lowest BCUT2D eigenvalue weighted by Gasteiger charge is -2.08. The Hall–Kier alpha value is -4.08. The van der Waals surface area contributed by atoms with Crippen LogP contribution in [0.4, 0.5) is 26.3 Å². The molecule has 0 aromatic heterocycles. The predicted molar refractivity (Wildman–Crippen MR) is 117 cm³/mol. The maximum Gasteiger partial charge on any atom is 0.450 e. The summed E-state index contributed by atoms with van der Waals surface area (Å²) in [5, 5.41) is 0. The first-order valence-electron chi connectivity index (χ1n) is 10.3. The van der Waals surface area contributed by atoms with Gasteiger partial charge < -0.3 is 0 Å². The predicted octanol–water partition coefficient (Wildman–Crippen LogP) is 6.43. The smallest absolute Gasteiger partial charge is 0.294 e. The minimum Gasteiger partial charge on any atom is -0.294 e. The van der Waals surface area contributed by atoms with E-state index < -0.39 is 48.3 Å². The number of rotatable bonds is 8. The van der Waals surface area contributed by atoms with Crippen molar-refractivity contribution in [3.63, 3.8) is 0 Å². The van der Waals surface area contributed by atoms with Crippen molar-refractivity contribution in [1.29, 1.82) is 0 Å². The first-order valence-corrected chi connectivity index (χ1v) is 10.3. The molecule has 0 saturated carbocycles. The van der Waals surface area contributed by atoms with E-state index >= 15 is 0 Å². The minimum absolute atomic E-state index is 0.0431. The molecule has 3 rings (SSSR count). The Bertz CT molecular complexity index is 1300. The third-order valence-corrected chi connectivity index (χ3v) is 5.22. The standard InChI is InChI=1S/C26H16F6O4/c27-25(28,29)23(35)13-21(33)18-10-8-16(9-11-18)15-4-6-17(7-5-15)19-2-1-3-20(12-19)22(34)14-24(36)26(30,31)32/h1-12H,13-14H2. The van der Waals surface area contributed by atoms with Crippen LogP contribution in [0.15, 0.2) is 72.8 Å². The zero-order chi connectivity index (χ0) is 26.7. The highest BCUT2D eigenvalue weighted by Gasteiger charge is 2.40. The SMILES string of the molecule is O=C(CC(=O)C(F)(F)F)c1ccc(-c2ccc(-c3cccc(C(=O)CC(=O)C(F)(F)F)c3)cc2)cc1. The van der Waals surface area contributed by atoms with Gasteiger partial charge in [0.05, 0.1) is 12.8 Å². The summed E-state index contributed by atoms with van der Waals surface area (Å²) < 4.78 is 74.3. The lowest BCUT2D eigenvalue weighted by Crippen LogP contribution is -2.25. The van der Waals surface area contributed by atoms with Gasteiger partial charge in [0.2, 0.25) is 11.6 Å². The van der Waals surface area contributed by atoms with E-state index in [-0.39, 0.29) is 11.1 Å². The number of alkyl halides is 6. The molecule has 0 aliphatic heterocycles. The summed E-state index contributed by atoms with van der Waals surface area (Å²) in [5.74, 6) is -6.15. The second-order valence-corrected chi connectivity index (χ2v) is 7.78. The van der Waals surface area contributed by atoms with Gasteiger partial charge in [0, 0.05) is 11.1 Å². The highest BCUT2D eigenvalue weighted by molar-refractivity contribution is 6.10. The Balaban J connectivity index is 1.73. The van der Waals surface area contributed by atoms with Gasteiger partial charge in [-0.05, 0) is 28.3 Å². The van der Waals surface area contributed by atoms with E-state index in [1.54, 1.807) is 30.3 Å². The van der Waals surface area contributed by atoms with Gasteiger partial charge in [0.1, 0.15) is 0 Å². The van der Waals surface area contributed by atoms with Gasteiger partial charge in [0.25, 0.3) is 0 Å². The molecule has 3 aromatic carbocycles. The van der Waals surface area contributed by atoms with E-state index in [0.29, 0.717) is 22.3 Å². The molecule has 0 unspecified atom stereocenters. The zero-order valence-corrected chi connectivity index (χ0v) is 18.2. The Morgan fingerprint density at radius 2 is 0.889 bits per heavy atom. The fraction of sp³-hybridized carbons (Fsp3) is 0.154. The third-order valence-electron chi connectivity index (χ3n) is 5.22. The molecule has 0 atom stereocenters. The van der Waals surface area contributed by atoms with Crippen molar-refractivity contribution >= 4 is 23.1 Å². The average molecular weight is 506 g/mol. The van der Waals surface area contributed by atoms with Crippen molar-refractivity contribution in [2.75, 3.05) is 0 Å². The highest BCUT2D eigenvalue weighted by Crippen LogP contribution is 2.27. The number of hydrogen-bond donors (Lipinski definition) is 0. The second-order valence-electron chi connectivity index (χ2n) is 7.78. The summed E-state index contributed by atoms with van der Waals surface area (Å²) in [6.45, 7) is 0. The van der Waals surface area contributed by atoms with Gasteiger partial charge in [-0.1, -0.05) is 66.7 Å². The first kappa shape index (κ1) is 26.5. The van der Waals surface area contributed by atoms with E-state index in [2.05, 4.69) is 0 Å². The minimum atomic E-state index is -5.09. The van der Waals surface area contributed by atoms with Gasteiger partial charge in [0.15, 0.2) is 11.6 Å². The van der Waals surface area contributed by atoms with Crippen LogP contribution in [0.3, 0.4) is 0 Å². The molecule has 0 radical (unpaired) electrons. The number of carbonyl (C=O) groups excluding carboxylic acids is 4. The van der Waals surface area contributed by atoms with Crippen molar-refractivity contribution in [3.8, 4) is 22.3 Å². The van der Waals surface area contributed by atoms with Gasteiger partial charge in [-0.2, -0.15) is 26.3 Å². The molecule has 0 amide bonds. The van der Waals surface area contributed by atoms with Crippen LogP contribution in [0.1, 0.15) is 33.6 Å². The fourth-order valence-electron chi connectivity index (χ4n) is 3.27. The van der Waals surface area contributed by atoms with Crippen LogP contribution in [0.2, 0.25) is 0 Å². The summed E-state index contributed by atoms with van der Waals surface area (Å²) in [7, 11) is 0. The van der Waals surface area contributed by atoms with E-state index in [9.17, 15) is 45.5 Å². The van der Waals surface area contributed by atoms with Crippen LogP contribution in [0.5, 0.6) is 0 Å². The third kappa shape index (κ3) is 6.53. The van der Waals surface area contributed by atoms with Crippen LogP contribution in [0.25, 0.3) is 22.3 Å². The number of Topliss-reactive ketones (excluding diaryl/α,β-unsaturated/α-hetero) is 4. The maximum absolute atomic E-state index is 12.4. The molecule has 0 aliphatic rings. The van der Waals surface area contributed by atoms with Crippen LogP contribution in [-0.4, -0.2) is 35.5 Å². The first-order chi connectivity index (χ1) is 16.8. The molecule has 0 N–H and O–H groups in total. The normalized spacial score (nSPS) is 11.7. The Kier molecular flexibility index (Phi) is 7.57. The number of benzene rings is 3. The van der Waals surface area contributed by atoms with Crippen LogP contribution >= 0.6 is 0 Å². The lowest BCUT2D eigenvalue weighted by molar-refractivity contribution is -0.170. The van der Waals surface area contributed by atoms with E-state index in [0.717, 1.165) is 0 Å². The van der Waals surface area contributed by atoms with Crippen molar-refractivity contribution in [3.05, 3.63) is 83.9 Å². The highest BCUT2D eigenvalue weighted by atomic mass is 19.4. The summed E-state index contributed by atoms with van der Waals surface area (Å²) in [5.41, 5.74) is 2.40. The van der Waals surface area contributed by atoms with Crippen LogP contribution < -0.4 is 0 Å². The molecule has 0 saturated heterocycles. The molecular weight excluding hydrogens is 490 g/mol. The molecule has 0 aliphatic carbocycles.